The highest BCUT2D eigenvalue weighted by Crippen LogP contribution is 2.19. The van der Waals surface area contributed by atoms with Gasteiger partial charge in [0.05, 0.1) is 23.4 Å². The van der Waals surface area contributed by atoms with Crippen molar-refractivity contribution in [3.8, 4) is 5.82 Å². The number of hydrogen-bond acceptors (Lipinski definition) is 7. The van der Waals surface area contributed by atoms with Crippen molar-refractivity contribution in [1.29, 1.82) is 0 Å². The van der Waals surface area contributed by atoms with Crippen molar-refractivity contribution in [2.45, 2.75) is 32.7 Å². The third-order valence-corrected chi connectivity index (χ3v) is 6.68. The number of carbonyl (C=O) groups is 2. The van der Waals surface area contributed by atoms with Crippen molar-refractivity contribution in [1.82, 2.24) is 19.7 Å². The minimum atomic E-state index is -3.11. The minimum Gasteiger partial charge on any atom is -0.452 e. The molecule has 1 unspecified atom stereocenters. The van der Waals surface area contributed by atoms with E-state index in [1.54, 1.807) is 29.9 Å². The van der Waals surface area contributed by atoms with Crippen molar-refractivity contribution in [3.63, 3.8) is 0 Å². The summed E-state index contributed by atoms with van der Waals surface area (Å²) in [5, 5.41) is 4.23. The van der Waals surface area contributed by atoms with Crippen LogP contribution in [0.25, 0.3) is 5.82 Å². The van der Waals surface area contributed by atoms with Crippen LogP contribution in [-0.2, 0) is 25.8 Å². The van der Waals surface area contributed by atoms with E-state index in [2.05, 4.69) is 10.1 Å². The van der Waals surface area contributed by atoms with Crippen LogP contribution in [-0.4, -0.2) is 70.7 Å². The molecule has 9 nitrogen and oxygen atoms in total. The van der Waals surface area contributed by atoms with Crippen LogP contribution in [0.1, 0.15) is 36.3 Å². The molecule has 2 aromatic heterocycles. The molecule has 3 heterocycles. The molecular weight excluding hydrogens is 396 g/mol. The van der Waals surface area contributed by atoms with E-state index in [0.717, 1.165) is 0 Å². The summed E-state index contributed by atoms with van der Waals surface area (Å²) in [5.74, 6) is -0.435. The van der Waals surface area contributed by atoms with Crippen LogP contribution in [0, 0.1) is 0 Å². The summed E-state index contributed by atoms with van der Waals surface area (Å²) < 4.78 is 30.2. The molecule has 3 rings (SSSR count). The van der Waals surface area contributed by atoms with Gasteiger partial charge < -0.3 is 9.64 Å². The summed E-state index contributed by atoms with van der Waals surface area (Å²) in [5.41, 5.74) is 0.910. The average molecular weight is 420 g/mol. The molecule has 1 amide bonds. The molecular formula is C19H24N4O5S. The van der Waals surface area contributed by atoms with Gasteiger partial charge in [0.15, 0.2) is 22.3 Å². The maximum absolute atomic E-state index is 12.5. The zero-order valence-corrected chi connectivity index (χ0v) is 17.3. The highest BCUT2D eigenvalue weighted by Gasteiger charge is 2.34. The maximum atomic E-state index is 12.5. The summed E-state index contributed by atoms with van der Waals surface area (Å²) >= 11 is 0. The van der Waals surface area contributed by atoms with Gasteiger partial charge in [0.25, 0.3) is 5.91 Å². The molecule has 1 aliphatic rings. The van der Waals surface area contributed by atoms with Crippen LogP contribution in [0.5, 0.6) is 0 Å². The third kappa shape index (κ3) is 4.64. The molecule has 0 spiro atoms. The van der Waals surface area contributed by atoms with E-state index in [1.165, 1.54) is 11.1 Å². The highest BCUT2D eigenvalue weighted by molar-refractivity contribution is 7.91. The van der Waals surface area contributed by atoms with Gasteiger partial charge in [0, 0.05) is 18.8 Å². The number of rotatable bonds is 7. The smallest absolute Gasteiger partial charge is 0.342 e. The molecule has 156 valence electrons. The zero-order chi connectivity index (χ0) is 21.0. The van der Waals surface area contributed by atoms with Crippen molar-refractivity contribution < 1.29 is 22.7 Å². The normalized spacial score (nSPS) is 17.8. The maximum Gasteiger partial charge on any atom is 0.342 e. The van der Waals surface area contributed by atoms with Crippen LogP contribution in [0.4, 0.5) is 0 Å². The third-order valence-electron chi connectivity index (χ3n) is 4.93. The van der Waals surface area contributed by atoms with E-state index in [-0.39, 0.29) is 23.1 Å². The molecule has 0 radical (unpaired) electrons. The largest absolute Gasteiger partial charge is 0.452 e. The summed E-state index contributed by atoms with van der Waals surface area (Å²) in [6, 6.07) is 5.02. The van der Waals surface area contributed by atoms with Crippen LogP contribution >= 0.6 is 0 Å². The Kier molecular flexibility index (Phi) is 6.31. The molecule has 1 saturated heterocycles. The monoisotopic (exact) mass is 420 g/mol. The Hall–Kier alpha value is -2.75. The number of ether oxygens (including phenoxy) is 1. The molecule has 0 bridgehead atoms. The number of esters is 1. The fourth-order valence-electron chi connectivity index (χ4n) is 3.51. The Labute approximate surface area is 169 Å². The molecule has 0 saturated carbocycles. The van der Waals surface area contributed by atoms with Gasteiger partial charge in [0.2, 0.25) is 0 Å². The first-order valence-corrected chi connectivity index (χ1v) is 11.3. The number of aromatic nitrogens is 3. The summed E-state index contributed by atoms with van der Waals surface area (Å²) in [6.45, 7) is 3.57. The number of sulfone groups is 1. The summed E-state index contributed by atoms with van der Waals surface area (Å²) in [4.78, 5) is 30.8. The molecule has 1 aliphatic heterocycles. The van der Waals surface area contributed by atoms with Gasteiger partial charge in [-0.25, -0.2) is 22.9 Å². The second-order valence-corrected chi connectivity index (χ2v) is 9.00. The quantitative estimate of drug-likeness (QED) is 0.615. The first-order valence-electron chi connectivity index (χ1n) is 9.51. The molecule has 29 heavy (non-hydrogen) atoms. The van der Waals surface area contributed by atoms with Crippen LogP contribution in [0.2, 0.25) is 0 Å². The standard InChI is InChI=1S/C19H24N4O5S/c1-3-16-15(11-21-23(16)17-7-5-6-9-20-17)19(25)28-12-18(24)22(4-2)14-8-10-29(26,27)13-14/h5-7,9,11,14H,3-4,8,10,12-13H2,1-2H3. The van der Waals surface area contributed by atoms with Gasteiger partial charge in [-0.3, -0.25) is 4.79 Å². The molecule has 10 heteroatoms. The van der Waals surface area contributed by atoms with Crippen molar-refractivity contribution in [2.24, 2.45) is 0 Å². The first kappa shape index (κ1) is 21.0. The van der Waals surface area contributed by atoms with Crippen molar-refractivity contribution >= 4 is 21.7 Å². The van der Waals surface area contributed by atoms with E-state index in [1.807, 2.05) is 13.0 Å². The Morgan fingerprint density at radius 1 is 1.31 bits per heavy atom. The lowest BCUT2D eigenvalue weighted by Gasteiger charge is -2.26. The Balaban J connectivity index is 1.68. The molecule has 1 fully saturated rings. The molecule has 2 aromatic rings. The number of likely N-dealkylation sites (N-methyl/N-ethyl adjacent to an activating group) is 1. The lowest BCUT2D eigenvalue weighted by atomic mass is 10.2. The van der Waals surface area contributed by atoms with Gasteiger partial charge >= 0.3 is 5.97 Å². The van der Waals surface area contributed by atoms with E-state index in [9.17, 15) is 18.0 Å². The molecule has 1 atom stereocenters. The molecule has 0 N–H and O–H groups in total. The van der Waals surface area contributed by atoms with E-state index >= 15 is 0 Å². The lowest BCUT2D eigenvalue weighted by Crippen LogP contribution is -2.43. The predicted octanol–water partition coefficient (Wildman–Crippen LogP) is 1.02. The number of nitrogens with zero attached hydrogens (tertiary/aromatic N) is 4. The van der Waals surface area contributed by atoms with Gasteiger partial charge in [0.1, 0.15) is 5.56 Å². The fourth-order valence-corrected chi connectivity index (χ4v) is 5.24. The second kappa shape index (κ2) is 8.73. The number of amides is 1. The SMILES string of the molecule is CCc1c(C(=O)OCC(=O)N(CC)C2CCS(=O)(=O)C2)cnn1-c1ccccn1. The summed E-state index contributed by atoms with van der Waals surface area (Å²) in [7, 11) is -3.11. The second-order valence-electron chi connectivity index (χ2n) is 6.77. The Bertz CT molecular complexity index is 987. The predicted molar refractivity (Wildman–Crippen MR) is 105 cm³/mol. The first-order chi connectivity index (χ1) is 13.9. The fraction of sp³-hybridized carbons (Fsp3) is 0.474. The Morgan fingerprint density at radius 2 is 2.10 bits per heavy atom. The topological polar surface area (TPSA) is 111 Å². The van der Waals surface area contributed by atoms with Crippen LogP contribution in [0.3, 0.4) is 0 Å². The number of carbonyl (C=O) groups excluding carboxylic acids is 2. The lowest BCUT2D eigenvalue weighted by molar-refractivity contribution is -0.136. The van der Waals surface area contributed by atoms with Crippen molar-refractivity contribution in [3.05, 3.63) is 41.9 Å². The van der Waals surface area contributed by atoms with Crippen LogP contribution in [0.15, 0.2) is 30.6 Å². The molecule has 0 aromatic carbocycles. The highest BCUT2D eigenvalue weighted by atomic mass is 32.2. The minimum absolute atomic E-state index is 0.0443. The van der Waals surface area contributed by atoms with Gasteiger partial charge in [-0.1, -0.05) is 13.0 Å². The number of pyridine rings is 1. The Morgan fingerprint density at radius 3 is 2.69 bits per heavy atom. The van der Waals surface area contributed by atoms with Crippen molar-refractivity contribution in [2.75, 3.05) is 24.7 Å². The average Bonchev–Trinajstić information content (AvgIpc) is 3.30. The van der Waals surface area contributed by atoms with Gasteiger partial charge in [-0.2, -0.15) is 5.10 Å². The summed E-state index contributed by atoms with van der Waals surface area (Å²) in [6.07, 6.45) is 3.97. The zero-order valence-electron chi connectivity index (χ0n) is 16.4. The van der Waals surface area contributed by atoms with Crippen LogP contribution < -0.4 is 0 Å². The van der Waals surface area contributed by atoms with E-state index in [0.29, 0.717) is 30.9 Å². The van der Waals surface area contributed by atoms with Gasteiger partial charge in [-0.05, 0) is 31.9 Å². The van der Waals surface area contributed by atoms with E-state index < -0.39 is 28.3 Å². The van der Waals surface area contributed by atoms with E-state index in [4.69, 9.17) is 4.74 Å². The molecule has 0 aliphatic carbocycles. The van der Waals surface area contributed by atoms with Gasteiger partial charge in [-0.15, -0.1) is 0 Å². The number of hydrogen-bond donors (Lipinski definition) is 0.